The van der Waals surface area contributed by atoms with E-state index in [-0.39, 0.29) is 24.0 Å². The van der Waals surface area contributed by atoms with Crippen molar-refractivity contribution in [2.45, 2.75) is 43.7 Å². The zero-order chi connectivity index (χ0) is 21.5. The molecule has 31 heavy (non-hydrogen) atoms. The van der Waals surface area contributed by atoms with E-state index in [1.54, 1.807) is 19.5 Å². The Bertz CT molecular complexity index is 934. The van der Waals surface area contributed by atoms with Crippen molar-refractivity contribution in [1.29, 1.82) is 0 Å². The lowest BCUT2D eigenvalue weighted by atomic mass is 9.88. The van der Waals surface area contributed by atoms with E-state index in [0.717, 1.165) is 36.8 Å². The fraction of sp³-hybridized carbons (Fsp3) is 0.320. The predicted molar refractivity (Wildman–Crippen MR) is 118 cm³/mol. The van der Waals surface area contributed by atoms with Gasteiger partial charge in [-0.15, -0.1) is 0 Å². The molecule has 6 nitrogen and oxygen atoms in total. The molecule has 1 aliphatic carbocycles. The van der Waals surface area contributed by atoms with Gasteiger partial charge in [-0.3, -0.25) is 4.79 Å². The molecule has 0 bridgehead atoms. The van der Waals surface area contributed by atoms with E-state index in [9.17, 15) is 4.79 Å². The second-order valence-electron chi connectivity index (χ2n) is 7.73. The van der Waals surface area contributed by atoms with Crippen LogP contribution in [0.15, 0.2) is 73.1 Å². The minimum Gasteiger partial charge on any atom is -0.477 e. The summed E-state index contributed by atoms with van der Waals surface area (Å²) in [4.78, 5) is 21.6. The smallest absolute Gasteiger partial charge is 0.278 e. The highest BCUT2D eigenvalue weighted by Crippen LogP contribution is 2.29. The number of carbonyl (C=O) groups excluding carboxylic acids is 1. The first-order valence-electron chi connectivity index (χ1n) is 10.7. The largest absolute Gasteiger partial charge is 0.477 e. The van der Waals surface area contributed by atoms with Crippen molar-refractivity contribution < 1.29 is 14.3 Å². The summed E-state index contributed by atoms with van der Waals surface area (Å²) in [5, 5.41) is 3.28. The lowest BCUT2D eigenvalue weighted by Crippen LogP contribution is -2.42. The summed E-state index contributed by atoms with van der Waals surface area (Å²) in [7, 11) is 1.55. The van der Waals surface area contributed by atoms with Crippen molar-refractivity contribution in [3.63, 3.8) is 0 Å². The van der Waals surface area contributed by atoms with Gasteiger partial charge in [-0.25, -0.2) is 9.97 Å². The number of nitrogens with zero attached hydrogens (tertiary/aromatic N) is 2. The summed E-state index contributed by atoms with van der Waals surface area (Å²) in [6.07, 6.45) is 6.60. The zero-order valence-electron chi connectivity index (χ0n) is 17.6. The van der Waals surface area contributed by atoms with Gasteiger partial charge in [0.2, 0.25) is 5.91 Å². The summed E-state index contributed by atoms with van der Waals surface area (Å²) in [6.45, 7) is 0. The molecule has 1 aromatic heterocycles. The maximum absolute atomic E-state index is 13.3. The molecule has 0 unspecified atom stereocenters. The van der Waals surface area contributed by atoms with Gasteiger partial charge in [0, 0.05) is 18.4 Å². The monoisotopic (exact) mass is 417 g/mol. The predicted octanol–water partition coefficient (Wildman–Crippen LogP) is 4.12. The van der Waals surface area contributed by atoms with E-state index in [2.05, 4.69) is 15.3 Å². The molecule has 0 atom stereocenters. The Balaban J connectivity index is 1.38. The molecule has 1 fully saturated rings. The number of nitrogens with one attached hydrogen (secondary N) is 1. The molecule has 1 N–H and O–H groups in total. The molecule has 1 saturated carbocycles. The van der Waals surface area contributed by atoms with Crippen LogP contribution < -0.4 is 14.8 Å². The van der Waals surface area contributed by atoms with Gasteiger partial charge < -0.3 is 14.8 Å². The first-order chi connectivity index (χ1) is 15.2. The average molecular weight is 418 g/mol. The third-order valence-electron chi connectivity index (χ3n) is 5.65. The Kier molecular flexibility index (Phi) is 6.77. The fourth-order valence-electron chi connectivity index (χ4n) is 4.09. The van der Waals surface area contributed by atoms with Gasteiger partial charge in [-0.05, 0) is 36.8 Å². The first-order valence-corrected chi connectivity index (χ1v) is 10.7. The van der Waals surface area contributed by atoms with E-state index in [1.165, 1.54) is 0 Å². The zero-order valence-corrected chi connectivity index (χ0v) is 17.6. The van der Waals surface area contributed by atoms with Gasteiger partial charge >= 0.3 is 0 Å². The van der Waals surface area contributed by atoms with E-state index >= 15 is 0 Å². The number of aromatic nitrogens is 2. The molecule has 0 aliphatic heterocycles. The van der Waals surface area contributed by atoms with Gasteiger partial charge in [0.25, 0.3) is 11.8 Å². The van der Waals surface area contributed by atoms with Crippen LogP contribution in [0.1, 0.15) is 42.7 Å². The first kappa shape index (κ1) is 20.8. The second kappa shape index (κ2) is 10.1. The topological polar surface area (TPSA) is 73.3 Å². The lowest BCUT2D eigenvalue weighted by molar-refractivity contribution is -0.122. The summed E-state index contributed by atoms with van der Waals surface area (Å²) < 4.78 is 11.2. The van der Waals surface area contributed by atoms with Crippen LogP contribution in [0, 0.1) is 0 Å². The van der Waals surface area contributed by atoms with Crippen LogP contribution in [0.2, 0.25) is 0 Å². The van der Waals surface area contributed by atoms with E-state index in [1.807, 2.05) is 60.7 Å². The molecule has 0 radical (unpaired) electrons. The fourth-order valence-corrected chi connectivity index (χ4v) is 4.09. The van der Waals surface area contributed by atoms with Crippen molar-refractivity contribution >= 4 is 5.91 Å². The van der Waals surface area contributed by atoms with Gasteiger partial charge in [-0.2, -0.15) is 0 Å². The summed E-state index contributed by atoms with van der Waals surface area (Å²) in [5.41, 5.74) is 2.00. The molecule has 0 saturated heterocycles. The molecule has 0 spiro atoms. The van der Waals surface area contributed by atoms with E-state index < -0.39 is 0 Å². The Morgan fingerprint density at radius 3 is 1.97 bits per heavy atom. The minimum absolute atomic E-state index is 0.0392. The highest BCUT2D eigenvalue weighted by Gasteiger charge is 2.28. The highest BCUT2D eigenvalue weighted by molar-refractivity contribution is 5.87. The normalized spacial score (nSPS) is 18.4. The van der Waals surface area contributed by atoms with Gasteiger partial charge in [-0.1, -0.05) is 60.7 Å². The number of methoxy groups -OCH3 is 1. The van der Waals surface area contributed by atoms with Crippen molar-refractivity contribution in [2.75, 3.05) is 7.11 Å². The van der Waals surface area contributed by atoms with Crippen LogP contribution in [0.3, 0.4) is 0 Å². The summed E-state index contributed by atoms with van der Waals surface area (Å²) >= 11 is 0. The maximum atomic E-state index is 13.3. The van der Waals surface area contributed by atoms with Crippen molar-refractivity contribution in [1.82, 2.24) is 15.3 Å². The Morgan fingerprint density at radius 2 is 1.42 bits per heavy atom. The number of hydrogen-bond donors (Lipinski definition) is 1. The number of amides is 1. The van der Waals surface area contributed by atoms with Crippen LogP contribution in [0.4, 0.5) is 0 Å². The molecule has 1 heterocycles. The molecule has 1 aliphatic rings. The molecule has 160 valence electrons. The molecule has 6 heteroatoms. The van der Waals surface area contributed by atoms with Crippen LogP contribution in [0.5, 0.6) is 11.8 Å². The number of rotatable bonds is 7. The molecule has 4 rings (SSSR count). The Morgan fingerprint density at radius 1 is 0.871 bits per heavy atom. The standard InChI is InChI=1S/C25H27N3O3/c1-30-24-25(27-17-16-26-24)31-21-14-12-20(13-15-21)28-23(29)22(18-8-4-2-5-9-18)19-10-6-3-7-11-19/h2-11,16-17,20-22H,12-15H2,1H3,(H,28,29). The third-order valence-corrected chi connectivity index (χ3v) is 5.65. The van der Waals surface area contributed by atoms with Crippen molar-refractivity contribution in [3.05, 3.63) is 84.2 Å². The van der Waals surface area contributed by atoms with Crippen LogP contribution in [0.25, 0.3) is 0 Å². The second-order valence-corrected chi connectivity index (χ2v) is 7.73. The summed E-state index contributed by atoms with van der Waals surface area (Å²) in [6, 6.07) is 20.0. The maximum Gasteiger partial charge on any atom is 0.278 e. The van der Waals surface area contributed by atoms with Crippen LogP contribution in [-0.2, 0) is 4.79 Å². The molecule has 2 aromatic carbocycles. The van der Waals surface area contributed by atoms with Crippen molar-refractivity contribution in [3.8, 4) is 11.8 Å². The quantitative estimate of drug-likeness (QED) is 0.626. The number of carbonyl (C=O) groups is 1. The number of ether oxygens (including phenoxy) is 2. The van der Waals surface area contributed by atoms with E-state index in [4.69, 9.17) is 9.47 Å². The SMILES string of the molecule is COc1nccnc1OC1CCC(NC(=O)C(c2ccccc2)c2ccccc2)CC1. The Labute approximate surface area is 182 Å². The minimum atomic E-state index is -0.319. The molecular weight excluding hydrogens is 390 g/mol. The van der Waals surface area contributed by atoms with Gasteiger partial charge in [0.15, 0.2) is 0 Å². The van der Waals surface area contributed by atoms with Crippen LogP contribution >= 0.6 is 0 Å². The van der Waals surface area contributed by atoms with Gasteiger partial charge in [0.05, 0.1) is 13.0 Å². The van der Waals surface area contributed by atoms with Crippen molar-refractivity contribution in [2.24, 2.45) is 0 Å². The number of benzene rings is 2. The molecular formula is C25H27N3O3. The Hall–Kier alpha value is -3.41. The average Bonchev–Trinajstić information content (AvgIpc) is 2.82. The lowest BCUT2D eigenvalue weighted by Gasteiger charge is -2.30. The van der Waals surface area contributed by atoms with Crippen LogP contribution in [-0.4, -0.2) is 35.1 Å². The molecule has 1 amide bonds. The molecule has 3 aromatic rings. The van der Waals surface area contributed by atoms with E-state index in [0.29, 0.717) is 11.8 Å². The third kappa shape index (κ3) is 5.20. The highest BCUT2D eigenvalue weighted by atomic mass is 16.5. The van der Waals surface area contributed by atoms with Gasteiger partial charge in [0.1, 0.15) is 6.10 Å². The summed E-state index contributed by atoms with van der Waals surface area (Å²) in [5.74, 6) is 0.537. The number of hydrogen-bond acceptors (Lipinski definition) is 5.